The highest BCUT2D eigenvalue weighted by atomic mass is 16.3. The number of hydrogen-bond donors (Lipinski definition) is 0. The van der Waals surface area contributed by atoms with Gasteiger partial charge in [-0.05, 0) is 51.8 Å². The molecule has 2 aromatic rings. The minimum Gasteiger partial charge on any atom is -0.469 e. The molecule has 1 amide bonds. The summed E-state index contributed by atoms with van der Waals surface area (Å²) in [5.74, 6) is 0.796. The van der Waals surface area contributed by atoms with Crippen molar-refractivity contribution in [3.05, 3.63) is 59.5 Å². The first-order valence-electron chi connectivity index (χ1n) is 9.19. The zero-order chi connectivity index (χ0) is 17.8. The second kappa shape index (κ2) is 7.87. The van der Waals surface area contributed by atoms with Gasteiger partial charge in [-0.25, -0.2) is 0 Å². The Morgan fingerprint density at radius 1 is 1.12 bits per heavy atom. The van der Waals surface area contributed by atoms with E-state index in [2.05, 4.69) is 49.1 Å². The molecular weight excluding hydrogens is 312 g/mol. The van der Waals surface area contributed by atoms with Crippen molar-refractivity contribution in [3.8, 4) is 0 Å². The Balaban J connectivity index is 1.55. The van der Waals surface area contributed by atoms with Crippen molar-refractivity contribution in [2.24, 2.45) is 0 Å². The third-order valence-corrected chi connectivity index (χ3v) is 5.22. The van der Waals surface area contributed by atoms with Crippen molar-refractivity contribution >= 4 is 5.91 Å². The molecule has 0 radical (unpaired) electrons. The molecule has 0 aliphatic carbocycles. The molecule has 1 aromatic heterocycles. The highest BCUT2D eigenvalue weighted by Crippen LogP contribution is 2.20. The van der Waals surface area contributed by atoms with Crippen molar-refractivity contribution < 1.29 is 9.21 Å². The van der Waals surface area contributed by atoms with Gasteiger partial charge >= 0.3 is 0 Å². The lowest BCUT2D eigenvalue weighted by Gasteiger charge is -2.44. The van der Waals surface area contributed by atoms with Crippen LogP contribution < -0.4 is 0 Å². The maximum Gasteiger partial charge on any atom is 0.257 e. The van der Waals surface area contributed by atoms with Crippen molar-refractivity contribution in [2.45, 2.75) is 45.7 Å². The molecule has 0 bridgehead atoms. The van der Waals surface area contributed by atoms with Gasteiger partial charge in [0.2, 0.25) is 0 Å². The summed E-state index contributed by atoms with van der Waals surface area (Å²) in [6, 6.07) is 13.0. The minimum atomic E-state index is 0.0922. The number of amides is 1. The molecule has 25 heavy (non-hydrogen) atoms. The van der Waals surface area contributed by atoms with Gasteiger partial charge in [0.1, 0.15) is 5.76 Å². The molecule has 1 aliphatic rings. The van der Waals surface area contributed by atoms with Crippen LogP contribution in [-0.4, -0.2) is 47.4 Å². The lowest BCUT2D eigenvalue weighted by Crippen LogP contribution is -2.58. The number of carbonyl (C=O) groups is 1. The maximum absolute atomic E-state index is 12.8. The first-order valence-corrected chi connectivity index (χ1v) is 9.19. The molecule has 0 saturated carbocycles. The Hall–Kier alpha value is -2.07. The standard InChI is InChI=1S/C21H28N2O2/c1-16-15-23(21(24)20-11-13-25-18(20)3)17(2)14-22(16)12-7-10-19-8-5-4-6-9-19/h4-6,8-9,11,13,16-17H,7,10,12,14-15H2,1-3H3/t16-,17+/m1/s1. The molecule has 1 fully saturated rings. The number of hydrogen-bond acceptors (Lipinski definition) is 3. The van der Waals surface area contributed by atoms with Gasteiger partial charge in [-0.2, -0.15) is 0 Å². The fourth-order valence-corrected chi connectivity index (χ4v) is 3.69. The predicted octanol–water partition coefficient (Wildman–Crippen LogP) is 3.76. The summed E-state index contributed by atoms with van der Waals surface area (Å²) in [6.45, 7) is 8.99. The van der Waals surface area contributed by atoms with Crippen LogP contribution in [0.5, 0.6) is 0 Å². The number of aryl methyl sites for hydroxylation is 2. The molecule has 1 aromatic carbocycles. The van der Waals surface area contributed by atoms with Crippen molar-refractivity contribution in [3.63, 3.8) is 0 Å². The number of benzene rings is 1. The lowest BCUT2D eigenvalue weighted by molar-refractivity contribution is 0.0313. The Kier molecular flexibility index (Phi) is 5.59. The van der Waals surface area contributed by atoms with Crippen LogP contribution in [0.2, 0.25) is 0 Å². The molecule has 2 heterocycles. The van der Waals surface area contributed by atoms with E-state index in [0.717, 1.165) is 32.5 Å². The SMILES string of the molecule is Cc1occc1C(=O)N1C[C@@H](C)N(CCCc2ccccc2)C[C@@H]1C. The summed E-state index contributed by atoms with van der Waals surface area (Å²) in [5, 5.41) is 0. The van der Waals surface area contributed by atoms with Gasteiger partial charge in [0.15, 0.2) is 0 Å². The van der Waals surface area contributed by atoms with Crippen LogP contribution in [-0.2, 0) is 6.42 Å². The summed E-state index contributed by atoms with van der Waals surface area (Å²) in [5.41, 5.74) is 2.09. The van der Waals surface area contributed by atoms with E-state index in [1.165, 1.54) is 5.56 Å². The van der Waals surface area contributed by atoms with E-state index in [4.69, 9.17) is 4.42 Å². The van der Waals surface area contributed by atoms with Gasteiger partial charge in [0.05, 0.1) is 11.8 Å². The minimum absolute atomic E-state index is 0.0922. The van der Waals surface area contributed by atoms with Crippen LogP contribution in [0, 0.1) is 6.92 Å². The Morgan fingerprint density at radius 2 is 1.88 bits per heavy atom. The van der Waals surface area contributed by atoms with Gasteiger partial charge in [-0.15, -0.1) is 0 Å². The Labute approximate surface area is 150 Å². The average Bonchev–Trinajstić information content (AvgIpc) is 3.04. The lowest BCUT2D eigenvalue weighted by atomic mass is 10.0. The number of furan rings is 1. The van der Waals surface area contributed by atoms with Crippen LogP contribution in [0.3, 0.4) is 0 Å². The van der Waals surface area contributed by atoms with Gasteiger partial charge < -0.3 is 9.32 Å². The predicted molar refractivity (Wildman–Crippen MR) is 99.7 cm³/mol. The smallest absolute Gasteiger partial charge is 0.257 e. The van der Waals surface area contributed by atoms with Gasteiger partial charge in [0, 0.05) is 25.2 Å². The normalized spacial score (nSPS) is 21.5. The largest absolute Gasteiger partial charge is 0.469 e. The molecule has 4 heteroatoms. The third kappa shape index (κ3) is 4.13. The van der Waals surface area contributed by atoms with Gasteiger partial charge in [0.25, 0.3) is 5.91 Å². The second-order valence-electron chi connectivity index (χ2n) is 7.13. The quantitative estimate of drug-likeness (QED) is 0.832. The van der Waals surface area contributed by atoms with E-state index in [-0.39, 0.29) is 11.9 Å². The molecule has 1 aliphatic heterocycles. The van der Waals surface area contributed by atoms with Gasteiger partial charge in [-0.3, -0.25) is 9.69 Å². The fourth-order valence-electron chi connectivity index (χ4n) is 3.69. The number of rotatable bonds is 5. The molecule has 2 atom stereocenters. The first kappa shape index (κ1) is 17.7. The van der Waals surface area contributed by atoms with E-state index in [0.29, 0.717) is 17.4 Å². The first-order chi connectivity index (χ1) is 12.1. The number of piperazine rings is 1. The molecular formula is C21H28N2O2. The van der Waals surface area contributed by atoms with Crippen LogP contribution in [0.25, 0.3) is 0 Å². The fraction of sp³-hybridized carbons (Fsp3) is 0.476. The van der Waals surface area contributed by atoms with Crippen LogP contribution in [0.15, 0.2) is 47.1 Å². The molecule has 0 unspecified atom stereocenters. The monoisotopic (exact) mass is 340 g/mol. The summed E-state index contributed by atoms with van der Waals surface area (Å²) >= 11 is 0. The summed E-state index contributed by atoms with van der Waals surface area (Å²) in [7, 11) is 0. The van der Waals surface area contributed by atoms with Crippen LogP contribution >= 0.6 is 0 Å². The zero-order valence-electron chi connectivity index (χ0n) is 15.4. The number of carbonyl (C=O) groups excluding carboxylic acids is 1. The van der Waals surface area contributed by atoms with E-state index in [1.807, 2.05) is 11.8 Å². The second-order valence-corrected chi connectivity index (χ2v) is 7.13. The molecule has 0 spiro atoms. The average molecular weight is 340 g/mol. The molecule has 3 rings (SSSR count). The van der Waals surface area contributed by atoms with Crippen LogP contribution in [0.1, 0.15) is 41.9 Å². The topological polar surface area (TPSA) is 36.7 Å². The van der Waals surface area contributed by atoms with E-state index < -0.39 is 0 Å². The molecule has 134 valence electrons. The van der Waals surface area contributed by atoms with Crippen molar-refractivity contribution in [1.29, 1.82) is 0 Å². The highest BCUT2D eigenvalue weighted by Gasteiger charge is 2.32. The number of nitrogens with zero attached hydrogens (tertiary/aromatic N) is 2. The molecule has 1 saturated heterocycles. The third-order valence-electron chi connectivity index (χ3n) is 5.22. The summed E-state index contributed by atoms with van der Waals surface area (Å²) in [4.78, 5) is 17.3. The van der Waals surface area contributed by atoms with Crippen LogP contribution in [0.4, 0.5) is 0 Å². The van der Waals surface area contributed by atoms with Gasteiger partial charge in [-0.1, -0.05) is 30.3 Å². The van der Waals surface area contributed by atoms with E-state index >= 15 is 0 Å². The maximum atomic E-state index is 12.8. The Bertz CT molecular complexity index is 695. The van der Waals surface area contributed by atoms with Crippen molar-refractivity contribution in [1.82, 2.24) is 9.80 Å². The zero-order valence-corrected chi connectivity index (χ0v) is 15.4. The highest BCUT2D eigenvalue weighted by molar-refractivity contribution is 5.95. The van der Waals surface area contributed by atoms with E-state index in [1.54, 1.807) is 12.3 Å². The summed E-state index contributed by atoms with van der Waals surface area (Å²) in [6.07, 6.45) is 3.85. The molecule has 0 N–H and O–H groups in total. The molecule has 4 nitrogen and oxygen atoms in total. The van der Waals surface area contributed by atoms with Crippen molar-refractivity contribution in [2.75, 3.05) is 19.6 Å². The Morgan fingerprint density at radius 3 is 2.56 bits per heavy atom. The summed E-state index contributed by atoms with van der Waals surface area (Å²) < 4.78 is 5.30. The van der Waals surface area contributed by atoms with E-state index in [9.17, 15) is 4.79 Å².